The highest BCUT2D eigenvalue weighted by atomic mass is 32.1. The van der Waals surface area contributed by atoms with E-state index in [4.69, 9.17) is 5.11 Å². The van der Waals surface area contributed by atoms with Gasteiger partial charge in [0.15, 0.2) is 0 Å². The minimum Gasteiger partial charge on any atom is -0.508 e. The summed E-state index contributed by atoms with van der Waals surface area (Å²) in [6.07, 6.45) is 0. The first-order valence-electron chi connectivity index (χ1n) is 2.07. The van der Waals surface area contributed by atoms with Crippen LogP contribution in [0.15, 0.2) is 22.3 Å². The molecule has 0 radical (unpaired) electrons. The second-order valence-corrected chi connectivity index (χ2v) is 2.22. The normalized spacial score (nSPS) is 9.00. The predicted molar refractivity (Wildman–Crippen MR) is 32.3 cm³/mol. The van der Waals surface area contributed by atoms with Gasteiger partial charge in [-0.1, -0.05) is 0 Å². The molecule has 1 aromatic heterocycles. The topological polar surface area (TPSA) is 37.3 Å². The van der Waals surface area contributed by atoms with Gasteiger partial charge in [-0.15, -0.1) is 11.3 Å². The maximum absolute atomic E-state index is 10.3. The van der Waals surface area contributed by atoms with Crippen LogP contribution < -0.4 is 4.74 Å². The van der Waals surface area contributed by atoms with Crippen LogP contribution in [-0.4, -0.2) is 5.11 Å². The zero-order valence-electron chi connectivity index (χ0n) is 4.00. The number of hydrogen-bond donors (Lipinski definition) is 1. The number of aromatic hydroxyl groups is 1. The van der Waals surface area contributed by atoms with Crippen LogP contribution in [-0.2, 0) is 0 Å². The van der Waals surface area contributed by atoms with Crippen LogP contribution in [0.2, 0.25) is 0 Å². The van der Waals surface area contributed by atoms with Gasteiger partial charge in [-0.3, -0.25) is 4.79 Å². The number of hydrogen-bond acceptors (Lipinski definition) is 3. The first-order chi connectivity index (χ1) is 3.79. The third kappa shape index (κ3) is 1.07. The molecule has 0 aliphatic rings. The fourth-order valence-corrected chi connectivity index (χ4v) is 0.904. The predicted octanol–water partition coefficient (Wildman–Crippen LogP) is 0.814. The molecule has 0 aliphatic carbocycles. The maximum atomic E-state index is 10.3. The Morgan fingerprint density at radius 1 is 1.62 bits per heavy atom. The summed E-state index contributed by atoms with van der Waals surface area (Å²) >= 11 is 1.07. The van der Waals surface area contributed by atoms with E-state index in [9.17, 15) is 4.79 Å². The largest absolute Gasteiger partial charge is 0.508 e. The highest BCUT2D eigenvalue weighted by molar-refractivity contribution is 7.07. The summed E-state index contributed by atoms with van der Waals surface area (Å²) in [5.74, 6) is 0.0359. The third-order valence-corrected chi connectivity index (χ3v) is 1.31. The molecule has 0 aromatic carbocycles. The van der Waals surface area contributed by atoms with Gasteiger partial charge in [0.25, 0.3) is 0 Å². The summed E-state index contributed by atoms with van der Waals surface area (Å²) in [5, 5.41) is 10.2. The Labute approximate surface area is 50.0 Å². The second kappa shape index (κ2) is 1.96. The molecule has 0 saturated heterocycles. The Kier molecular flexibility index (Phi) is 1.30. The van der Waals surface area contributed by atoms with Crippen LogP contribution in [0, 0.1) is 0 Å². The molecule has 2 nitrogen and oxygen atoms in total. The van der Waals surface area contributed by atoms with Crippen molar-refractivity contribution in [2.75, 3.05) is 0 Å². The summed E-state index contributed by atoms with van der Waals surface area (Å²) in [4.78, 5) is 10.3. The molecule has 0 amide bonds. The highest BCUT2D eigenvalue weighted by Gasteiger charge is 1.84. The van der Waals surface area contributed by atoms with Crippen molar-refractivity contribution in [3.63, 3.8) is 0 Å². The Morgan fingerprint density at radius 2 is 2.38 bits per heavy atom. The van der Waals surface area contributed by atoms with E-state index in [0.717, 1.165) is 11.3 Å². The van der Waals surface area contributed by atoms with E-state index in [1.165, 1.54) is 12.1 Å². The first-order valence-corrected chi connectivity index (χ1v) is 2.95. The van der Waals surface area contributed by atoms with Gasteiger partial charge in [-0.25, -0.2) is 0 Å². The van der Waals surface area contributed by atoms with Crippen LogP contribution in [0.25, 0.3) is 0 Å². The Hall–Kier alpha value is -0.830. The fraction of sp³-hybridized carbons (Fsp3) is 0. The van der Waals surface area contributed by atoms with E-state index >= 15 is 0 Å². The zero-order valence-corrected chi connectivity index (χ0v) is 4.81. The lowest BCUT2D eigenvalue weighted by molar-refractivity contribution is 0.475. The minimum absolute atomic E-state index is 0.0359. The summed E-state index contributed by atoms with van der Waals surface area (Å²) in [7, 11) is 0. The van der Waals surface area contributed by atoms with Gasteiger partial charge in [0, 0.05) is 6.07 Å². The molecular formula is C5H4O2S. The molecule has 1 aromatic rings. The molecule has 1 rings (SSSR count). The van der Waals surface area contributed by atoms with Gasteiger partial charge in [-0.05, 0) is 11.4 Å². The van der Waals surface area contributed by atoms with Crippen molar-refractivity contribution in [2.45, 2.75) is 0 Å². The molecule has 0 fully saturated rings. The van der Waals surface area contributed by atoms with E-state index in [1.54, 1.807) is 5.38 Å². The average Bonchev–Trinajstić information content (AvgIpc) is 1.64. The van der Waals surface area contributed by atoms with Crippen molar-refractivity contribution in [2.24, 2.45) is 0 Å². The molecule has 0 atom stereocenters. The molecular weight excluding hydrogens is 124 g/mol. The van der Waals surface area contributed by atoms with Crippen molar-refractivity contribution in [3.8, 4) is 5.75 Å². The van der Waals surface area contributed by atoms with E-state index in [1.807, 2.05) is 0 Å². The maximum Gasteiger partial charge on any atom is 0.235 e. The average molecular weight is 128 g/mol. The van der Waals surface area contributed by atoms with Crippen LogP contribution in [0.3, 0.4) is 0 Å². The molecule has 0 saturated carbocycles. The molecule has 1 N–H and O–H groups in total. The Balaban J connectivity index is 3.28. The summed E-state index contributed by atoms with van der Waals surface area (Å²) in [5.41, 5.74) is 0. The molecule has 0 bridgehead atoms. The van der Waals surface area contributed by atoms with Gasteiger partial charge in [0.05, 0.1) is 0 Å². The SMILES string of the molecule is O=c1cc(O)ccs1. The smallest absolute Gasteiger partial charge is 0.235 e. The standard InChI is InChI=1S/C5H4O2S/c6-4-1-2-8-5(7)3-4/h1-3,6H. The van der Waals surface area contributed by atoms with Crippen molar-refractivity contribution < 1.29 is 5.11 Å². The molecule has 0 spiro atoms. The van der Waals surface area contributed by atoms with Gasteiger partial charge in [0.1, 0.15) is 5.75 Å². The highest BCUT2D eigenvalue weighted by Crippen LogP contribution is 2.02. The zero-order chi connectivity index (χ0) is 5.98. The lowest BCUT2D eigenvalue weighted by Crippen LogP contribution is -1.86. The Bertz CT molecular complexity index is 228. The lowest BCUT2D eigenvalue weighted by atomic mass is 10.5. The van der Waals surface area contributed by atoms with E-state index < -0.39 is 0 Å². The van der Waals surface area contributed by atoms with Crippen LogP contribution in [0.1, 0.15) is 0 Å². The monoisotopic (exact) mass is 128 g/mol. The molecule has 3 heteroatoms. The van der Waals surface area contributed by atoms with E-state index in [0.29, 0.717) is 0 Å². The first kappa shape index (κ1) is 5.31. The molecule has 8 heavy (non-hydrogen) atoms. The van der Waals surface area contributed by atoms with Crippen molar-refractivity contribution in [1.29, 1.82) is 0 Å². The lowest BCUT2D eigenvalue weighted by Gasteiger charge is -1.81. The van der Waals surface area contributed by atoms with E-state index in [2.05, 4.69) is 0 Å². The van der Waals surface area contributed by atoms with Crippen molar-refractivity contribution in [3.05, 3.63) is 27.0 Å². The summed E-state index contributed by atoms with van der Waals surface area (Å²) in [6.45, 7) is 0. The van der Waals surface area contributed by atoms with Gasteiger partial charge in [0.2, 0.25) is 4.74 Å². The molecule has 1 heterocycles. The van der Waals surface area contributed by atoms with Crippen molar-refractivity contribution in [1.82, 2.24) is 0 Å². The van der Waals surface area contributed by atoms with Gasteiger partial charge in [-0.2, -0.15) is 0 Å². The van der Waals surface area contributed by atoms with Gasteiger partial charge < -0.3 is 5.11 Å². The van der Waals surface area contributed by atoms with Crippen LogP contribution in [0.4, 0.5) is 0 Å². The quantitative estimate of drug-likeness (QED) is 0.561. The van der Waals surface area contributed by atoms with Crippen LogP contribution in [0.5, 0.6) is 5.75 Å². The second-order valence-electron chi connectivity index (χ2n) is 1.31. The number of rotatable bonds is 0. The molecule has 0 unspecified atom stereocenters. The fourth-order valence-electron chi connectivity index (χ4n) is 0.374. The third-order valence-electron chi connectivity index (χ3n) is 0.689. The summed E-state index contributed by atoms with van der Waals surface area (Å²) in [6, 6.07) is 2.66. The Morgan fingerprint density at radius 3 is 2.75 bits per heavy atom. The van der Waals surface area contributed by atoms with Crippen molar-refractivity contribution >= 4 is 11.3 Å². The molecule has 42 valence electrons. The van der Waals surface area contributed by atoms with Crippen LogP contribution >= 0.6 is 11.3 Å². The summed E-state index contributed by atoms with van der Waals surface area (Å²) < 4.78 is -0.120. The van der Waals surface area contributed by atoms with E-state index in [-0.39, 0.29) is 10.5 Å². The minimum atomic E-state index is -0.120. The van der Waals surface area contributed by atoms with Gasteiger partial charge >= 0.3 is 0 Å². The molecule has 0 aliphatic heterocycles.